The van der Waals surface area contributed by atoms with Crippen LogP contribution in [0.5, 0.6) is 0 Å². The highest BCUT2D eigenvalue weighted by Gasteiger charge is 2.15. The van der Waals surface area contributed by atoms with Gasteiger partial charge in [-0.3, -0.25) is 4.79 Å². The van der Waals surface area contributed by atoms with E-state index in [1.165, 1.54) is 18.2 Å². The molecule has 2 aromatic carbocycles. The van der Waals surface area contributed by atoms with E-state index >= 15 is 0 Å². The Hall–Kier alpha value is -2.76. The summed E-state index contributed by atoms with van der Waals surface area (Å²) in [6.45, 7) is 0. The van der Waals surface area contributed by atoms with Gasteiger partial charge in [-0.1, -0.05) is 29.3 Å². The van der Waals surface area contributed by atoms with Gasteiger partial charge in [0.1, 0.15) is 5.76 Å². The number of carbonyl (C=O) groups is 2. The third-order valence-electron chi connectivity index (χ3n) is 3.39. The quantitative estimate of drug-likeness (QED) is 0.656. The molecule has 5 nitrogen and oxygen atoms in total. The van der Waals surface area contributed by atoms with Gasteiger partial charge < -0.3 is 14.8 Å². The van der Waals surface area contributed by atoms with Gasteiger partial charge in [0.15, 0.2) is 5.76 Å². The fraction of sp³-hybridized carbons (Fsp3) is 0. The smallest absolute Gasteiger partial charge is 0.335 e. The number of carboxylic acids is 1. The Kier molecular flexibility index (Phi) is 4.79. The summed E-state index contributed by atoms with van der Waals surface area (Å²) in [4.78, 5) is 23.2. The zero-order chi connectivity index (χ0) is 18.0. The van der Waals surface area contributed by atoms with Crippen LogP contribution in [0.4, 0.5) is 5.69 Å². The lowest BCUT2D eigenvalue weighted by atomic mass is 10.2. The molecule has 0 bridgehead atoms. The van der Waals surface area contributed by atoms with Gasteiger partial charge in [-0.05, 0) is 48.5 Å². The van der Waals surface area contributed by atoms with E-state index in [0.29, 0.717) is 27.1 Å². The van der Waals surface area contributed by atoms with Crippen LogP contribution in [-0.4, -0.2) is 17.0 Å². The first-order valence-corrected chi connectivity index (χ1v) is 7.89. The van der Waals surface area contributed by atoms with Gasteiger partial charge in [-0.15, -0.1) is 0 Å². The van der Waals surface area contributed by atoms with E-state index in [2.05, 4.69) is 5.32 Å². The number of hydrogen-bond donors (Lipinski definition) is 2. The first-order chi connectivity index (χ1) is 11.9. The second-order valence-corrected chi connectivity index (χ2v) is 5.97. The lowest BCUT2D eigenvalue weighted by molar-refractivity contribution is 0.0696. The maximum Gasteiger partial charge on any atom is 0.335 e. The summed E-state index contributed by atoms with van der Waals surface area (Å²) >= 11 is 12.0. The molecule has 3 aromatic rings. The maximum absolute atomic E-state index is 12.3. The maximum atomic E-state index is 12.3. The fourth-order valence-corrected chi connectivity index (χ4v) is 2.72. The first-order valence-electron chi connectivity index (χ1n) is 7.14. The molecule has 0 saturated carbocycles. The van der Waals surface area contributed by atoms with Gasteiger partial charge in [0.05, 0.1) is 10.6 Å². The first kappa shape index (κ1) is 17.1. The average Bonchev–Trinajstić information content (AvgIpc) is 3.05. The molecule has 2 N–H and O–H groups in total. The molecule has 0 spiro atoms. The summed E-state index contributed by atoms with van der Waals surface area (Å²) in [6, 6.07) is 14.0. The van der Waals surface area contributed by atoms with E-state index < -0.39 is 11.9 Å². The molecule has 0 aliphatic heterocycles. The average molecular weight is 376 g/mol. The van der Waals surface area contributed by atoms with Crippen molar-refractivity contribution in [1.82, 2.24) is 0 Å². The van der Waals surface area contributed by atoms with Gasteiger partial charge in [-0.25, -0.2) is 4.79 Å². The third kappa shape index (κ3) is 3.84. The Morgan fingerprint density at radius 1 is 1.00 bits per heavy atom. The van der Waals surface area contributed by atoms with Crippen molar-refractivity contribution >= 4 is 40.8 Å². The summed E-state index contributed by atoms with van der Waals surface area (Å²) in [5, 5.41) is 12.5. The normalized spacial score (nSPS) is 10.5. The van der Waals surface area contributed by atoms with Crippen molar-refractivity contribution in [2.75, 3.05) is 5.32 Å². The molecular formula is C18H11Cl2NO4. The number of benzene rings is 2. The van der Waals surface area contributed by atoms with Crippen molar-refractivity contribution in [3.05, 3.63) is 76.0 Å². The minimum atomic E-state index is -1.08. The van der Waals surface area contributed by atoms with Crippen molar-refractivity contribution in [3.8, 4) is 11.3 Å². The Bertz CT molecular complexity index is 965. The lowest BCUT2D eigenvalue weighted by Gasteiger charge is -2.04. The third-order valence-corrected chi connectivity index (χ3v) is 3.94. The molecule has 1 aromatic heterocycles. The van der Waals surface area contributed by atoms with Crippen molar-refractivity contribution in [1.29, 1.82) is 0 Å². The number of amides is 1. The molecule has 0 atom stereocenters. The Labute approximate surface area is 152 Å². The van der Waals surface area contributed by atoms with E-state index in [1.807, 2.05) is 0 Å². The predicted molar refractivity (Wildman–Crippen MR) is 95.5 cm³/mol. The zero-order valence-corrected chi connectivity index (χ0v) is 14.1. The van der Waals surface area contributed by atoms with E-state index in [1.54, 1.807) is 36.4 Å². The summed E-state index contributed by atoms with van der Waals surface area (Å²) < 4.78 is 5.55. The Morgan fingerprint density at radius 2 is 1.80 bits per heavy atom. The number of carbonyl (C=O) groups excluding carboxylic acids is 1. The predicted octanol–water partition coefficient (Wildman–Crippen LogP) is 5.20. The molecule has 126 valence electrons. The lowest BCUT2D eigenvalue weighted by Crippen LogP contribution is -2.11. The standard InChI is InChI=1S/C18H11Cl2NO4/c19-11-4-5-13(14(20)9-11)15-6-7-16(25-15)17(22)21-12-3-1-2-10(8-12)18(23)24/h1-9H,(H,21,22)(H,23,24). The van der Waals surface area contributed by atoms with Crippen LogP contribution in [0.25, 0.3) is 11.3 Å². The second-order valence-electron chi connectivity index (χ2n) is 5.13. The number of nitrogens with one attached hydrogen (secondary N) is 1. The second kappa shape index (κ2) is 7.01. The molecule has 0 saturated heterocycles. The van der Waals surface area contributed by atoms with Crippen LogP contribution >= 0.6 is 23.2 Å². The van der Waals surface area contributed by atoms with Crippen molar-refractivity contribution < 1.29 is 19.1 Å². The number of carboxylic acid groups (broad SMARTS) is 1. The van der Waals surface area contributed by atoms with Crippen molar-refractivity contribution in [2.24, 2.45) is 0 Å². The van der Waals surface area contributed by atoms with Crippen molar-refractivity contribution in [3.63, 3.8) is 0 Å². The van der Waals surface area contributed by atoms with Gasteiger partial charge in [0, 0.05) is 16.3 Å². The number of halogens is 2. The van der Waals surface area contributed by atoms with Gasteiger partial charge in [-0.2, -0.15) is 0 Å². The molecule has 0 aliphatic carbocycles. The van der Waals surface area contributed by atoms with Gasteiger partial charge in [0.2, 0.25) is 0 Å². The highest BCUT2D eigenvalue weighted by atomic mass is 35.5. The summed E-state index contributed by atoms with van der Waals surface area (Å²) in [7, 11) is 0. The summed E-state index contributed by atoms with van der Waals surface area (Å²) in [5.41, 5.74) is 1.04. The van der Waals surface area contributed by atoms with Crippen LogP contribution in [0.15, 0.2) is 59.0 Å². The van der Waals surface area contributed by atoms with Crippen LogP contribution in [0.1, 0.15) is 20.9 Å². The molecule has 1 heterocycles. The van der Waals surface area contributed by atoms with E-state index in [0.717, 1.165) is 0 Å². The van der Waals surface area contributed by atoms with E-state index in [-0.39, 0.29) is 11.3 Å². The van der Waals surface area contributed by atoms with Gasteiger partial charge in [0.25, 0.3) is 5.91 Å². The molecular weight excluding hydrogens is 365 g/mol. The Balaban J connectivity index is 1.81. The van der Waals surface area contributed by atoms with Crippen molar-refractivity contribution in [2.45, 2.75) is 0 Å². The molecule has 0 radical (unpaired) electrons. The van der Waals surface area contributed by atoms with Crippen LogP contribution in [-0.2, 0) is 0 Å². The van der Waals surface area contributed by atoms with E-state index in [9.17, 15) is 9.59 Å². The Morgan fingerprint density at radius 3 is 2.52 bits per heavy atom. The fourth-order valence-electron chi connectivity index (χ4n) is 2.22. The number of furan rings is 1. The number of rotatable bonds is 4. The summed E-state index contributed by atoms with van der Waals surface area (Å²) in [5.74, 6) is -1.08. The van der Waals surface area contributed by atoms with E-state index in [4.69, 9.17) is 32.7 Å². The molecule has 1 amide bonds. The van der Waals surface area contributed by atoms with Gasteiger partial charge >= 0.3 is 5.97 Å². The van der Waals surface area contributed by atoms with Crippen LogP contribution in [0.2, 0.25) is 10.0 Å². The molecule has 7 heteroatoms. The molecule has 3 rings (SSSR count). The number of hydrogen-bond acceptors (Lipinski definition) is 3. The van der Waals surface area contributed by atoms with Crippen LogP contribution < -0.4 is 5.32 Å². The summed E-state index contributed by atoms with van der Waals surface area (Å²) in [6.07, 6.45) is 0. The topological polar surface area (TPSA) is 79.5 Å². The SMILES string of the molecule is O=C(O)c1cccc(NC(=O)c2ccc(-c3ccc(Cl)cc3Cl)o2)c1. The zero-order valence-electron chi connectivity index (χ0n) is 12.6. The monoisotopic (exact) mass is 375 g/mol. The van der Waals surface area contributed by atoms with Crippen LogP contribution in [0.3, 0.4) is 0 Å². The van der Waals surface area contributed by atoms with Crippen LogP contribution in [0, 0.1) is 0 Å². The highest BCUT2D eigenvalue weighted by Crippen LogP contribution is 2.31. The largest absolute Gasteiger partial charge is 0.478 e. The minimum Gasteiger partial charge on any atom is -0.478 e. The molecule has 25 heavy (non-hydrogen) atoms. The minimum absolute atomic E-state index is 0.0711. The number of aromatic carboxylic acids is 1. The molecule has 0 unspecified atom stereocenters. The molecule has 0 fully saturated rings. The number of anilines is 1. The molecule has 0 aliphatic rings. The highest BCUT2D eigenvalue weighted by molar-refractivity contribution is 6.36.